The monoisotopic (exact) mass is 355 g/mol. The van der Waals surface area contributed by atoms with Crippen LogP contribution in [0.15, 0.2) is 34.5 Å². The lowest BCUT2D eigenvalue weighted by atomic mass is 9.96. The third kappa shape index (κ3) is 1.66. The van der Waals surface area contributed by atoms with Gasteiger partial charge in [-0.3, -0.25) is 9.59 Å². The molecule has 2 aliphatic heterocycles. The van der Waals surface area contributed by atoms with Gasteiger partial charge in [-0.2, -0.15) is 10.2 Å². The van der Waals surface area contributed by atoms with Gasteiger partial charge in [0, 0.05) is 9.99 Å². The number of imide groups is 1. The summed E-state index contributed by atoms with van der Waals surface area (Å²) in [6.45, 7) is 0.527. The molecule has 1 atom stereocenters. The zero-order chi connectivity index (χ0) is 12.8. The first kappa shape index (κ1) is 11.8. The summed E-state index contributed by atoms with van der Waals surface area (Å²) in [6.07, 6.45) is 0.680. The average Bonchev–Trinajstić information content (AvgIpc) is 2.89. The Bertz CT molecular complexity index is 555. The maximum Gasteiger partial charge on any atom is 0.264 e. The minimum absolute atomic E-state index is 0.140. The number of halogens is 1. The lowest BCUT2D eigenvalue weighted by Crippen LogP contribution is -2.38. The molecule has 0 N–H and O–H groups in total. The van der Waals surface area contributed by atoms with Gasteiger partial charge in [-0.1, -0.05) is 0 Å². The van der Waals surface area contributed by atoms with Crippen molar-refractivity contribution in [2.45, 2.75) is 18.4 Å². The second-order valence-corrected chi connectivity index (χ2v) is 5.68. The van der Waals surface area contributed by atoms with Gasteiger partial charge in [0.25, 0.3) is 5.91 Å². The highest BCUT2D eigenvalue weighted by atomic mass is 127. The molecule has 3 rings (SSSR count). The molecule has 0 bridgehead atoms. The van der Waals surface area contributed by atoms with E-state index >= 15 is 0 Å². The van der Waals surface area contributed by atoms with Crippen molar-refractivity contribution in [3.63, 3.8) is 0 Å². The number of hydrogen-bond donors (Lipinski definition) is 0. The molecule has 1 fully saturated rings. The molecular formula is C12H10IN3O2. The minimum atomic E-state index is -0.917. The van der Waals surface area contributed by atoms with Gasteiger partial charge in [-0.05, 0) is 46.9 Å². The molecule has 0 saturated carbocycles. The fourth-order valence-corrected chi connectivity index (χ4v) is 2.68. The van der Waals surface area contributed by atoms with Crippen LogP contribution in [0, 0.1) is 3.57 Å². The van der Waals surface area contributed by atoms with Gasteiger partial charge in [0.1, 0.15) is 0 Å². The summed E-state index contributed by atoms with van der Waals surface area (Å²) in [6, 6.07) is 7.31. The molecule has 2 heterocycles. The number of carbonyl (C=O) groups excluding carboxylic acids is 2. The van der Waals surface area contributed by atoms with Crippen molar-refractivity contribution in [3.05, 3.63) is 27.8 Å². The third-order valence-electron chi connectivity index (χ3n) is 3.27. The minimum Gasteiger partial charge on any atom is -0.274 e. The van der Waals surface area contributed by atoms with Gasteiger partial charge in [0.2, 0.25) is 5.91 Å². The Morgan fingerprint density at radius 1 is 1.22 bits per heavy atom. The van der Waals surface area contributed by atoms with Crippen LogP contribution in [-0.2, 0) is 9.59 Å². The van der Waals surface area contributed by atoms with Crippen molar-refractivity contribution in [2.24, 2.45) is 10.2 Å². The predicted octanol–water partition coefficient (Wildman–Crippen LogP) is 2.15. The van der Waals surface area contributed by atoms with E-state index in [1.54, 1.807) is 12.1 Å². The van der Waals surface area contributed by atoms with E-state index in [0.29, 0.717) is 18.7 Å². The topological polar surface area (TPSA) is 62.1 Å². The Morgan fingerprint density at radius 3 is 2.56 bits per heavy atom. The number of azo groups is 1. The summed E-state index contributed by atoms with van der Waals surface area (Å²) in [4.78, 5) is 25.6. The molecule has 1 aromatic rings. The molecule has 92 valence electrons. The molecule has 6 heteroatoms. The van der Waals surface area contributed by atoms with Crippen molar-refractivity contribution < 1.29 is 9.59 Å². The molecule has 1 saturated heterocycles. The second-order valence-electron chi connectivity index (χ2n) is 4.43. The van der Waals surface area contributed by atoms with Gasteiger partial charge in [0.15, 0.2) is 5.54 Å². The molecule has 2 aliphatic rings. The van der Waals surface area contributed by atoms with Crippen LogP contribution in [-0.4, -0.2) is 23.9 Å². The summed E-state index contributed by atoms with van der Waals surface area (Å²) < 4.78 is 1.06. The SMILES string of the molecule is O=C1CC2(CCN=N2)C(=O)N1c1ccc(I)cc1. The average molecular weight is 355 g/mol. The lowest BCUT2D eigenvalue weighted by molar-refractivity contribution is -0.122. The van der Waals surface area contributed by atoms with Crippen molar-refractivity contribution in [2.75, 3.05) is 11.4 Å². The summed E-state index contributed by atoms with van der Waals surface area (Å²) in [5.41, 5.74) is -0.301. The van der Waals surface area contributed by atoms with Crippen molar-refractivity contribution in [3.8, 4) is 0 Å². The fourth-order valence-electron chi connectivity index (χ4n) is 2.32. The molecule has 0 aromatic heterocycles. The molecule has 0 radical (unpaired) electrons. The first-order chi connectivity index (χ1) is 8.62. The number of rotatable bonds is 1. The third-order valence-corrected chi connectivity index (χ3v) is 3.99. The number of amides is 2. The zero-order valence-electron chi connectivity index (χ0n) is 9.47. The molecule has 5 nitrogen and oxygen atoms in total. The first-order valence-electron chi connectivity index (χ1n) is 5.64. The van der Waals surface area contributed by atoms with Crippen LogP contribution in [0.1, 0.15) is 12.8 Å². The smallest absolute Gasteiger partial charge is 0.264 e. The van der Waals surface area contributed by atoms with Gasteiger partial charge in [-0.25, -0.2) is 4.90 Å². The maximum absolute atomic E-state index is 12.4. The van der Waals surface area contributed by atoms with Gasteiger partial charge < -0.3 is 0 Å². The first-order valence-corrected chi connectivity index (χ1v) is 6.72. The predicted molar refractivity (Wildman–Crippen MR) is 73.3 cm³/mol. The van der Waals surface area contributed by atoms with Crippen molar-refractivity contribution in [1.82, 2.24) is 0 Å². The maximum atomic E-state index is 12.4. The van der Waals surface area contributed by atoms with Crippen LogP contribution < -0.4 is 4.90 Å². The number of nitrogens with zero attached hydrogens (tertiary/aromatic N) is 3. The standard InChI is InChI=1S/C12H10IN3O2/c13-8-1-3-9(4-2-8)16-10(17)7-12(11(16)18)5-6-14-15-12/h1-4H,5-7H2. The normalized spacial score (nSPS) is 26.6. The van der Waals surface area contributed by atoms with E-state index in [4.69, 9.17) is 0 Å². The van der Waals surface area contributed by atoms with E-state index in [1.807, 2.05) is 12.1 Å². The Balaban J connectivity index is 1.98. The number of anilines is 1. The van der Waals surface area contributed by atoms with Crippen LogP contribution in [0.25, 0.3) is 0 Å². The molecule has 0 aliphatic carbocycles. The molecule has 1 aromatic carbocycles. The van der Waals surface area contributed by atoms with E-state index in [1.165, 1.54) is 4.90 Å². The number of benzene rings is 1. The van der Waals surface area contributed by atoms with Crippen molar-refractivity contribution in [1.29, 1.82) is 0 Å². The van der Waals surface area contributed by atoms with Gasteiger partial charge in [-0.15, -0.1) is 0 Å². The van der Waals surface area contributed by atoms with E-state index in [0.717, 1.165) is 3.57 Å². The lowest BCUT2D eigenvalue weighted by Gasteiger charge is -2.17. The second kappa shape index (κ2) is 4.11. The van der Waals surface area contributed by atoms with Gasteiger partial charge >= 0.3 is 0 Å². The van der Waals surface area contributed by atoms with E-state index in [9.17, 15) is 9.59 Å². The van der Waals surface area contributed by atoms with Crippen LogP contribution >= 0.6 is 22.6 Å². The molecule has 1 unspecified atom stereocenters. The van der Waals surface area contributed by atoms with Crippen molar-refractivity contribution >= 4 is 40.1 Å². The Hall–Kier alpha value is -1.31. The van der Waals surface area contributed by atoms with Crippen LogP contribution in [0.5, 0.6) is 0 Å². The highest BCUT2D eigenvalue weighted by molar-refractivity contribution is 14.1. The van der Waals surface area contributed by atoms with E-state index in [-0.39, 0.29) is 18.2 Å². The summed E-state index contributed by atoms with van der Waals surface area (Å²) in [5, 5.41) is 7.87. The van der Waals surface area contributed by atoms with Crippen LogP contribution in [0.2, 0.25) is 0 Å². The van der Waals surface area contributed by atoms with E-state index < -0.39 is 5.54 Å². The number of carbonyl (C=O) groups is 2. The molecular weight excluding hydrogens is 345 g/mol. The van der Waals surface area contributed by atoms with Crippen LogP contribution in [0.4, 0.5) is 5.69 Å². The molecule has 2 amide bonds. The molecule has 1 spiro atoms. The Labute approximate surface area is 117 Å². The quantitative estimate of drug-likeness (QED) is 0.573. The largest absolute Gasteiger partial charge is 0.274 e. The summed E-state index contributed by atoms with van der Waals surface area (Å²) >= 11 is 2.18. The highest BCUT2D eigenvalue weighted by Crippen LogP contribution is 2.37. The van der Waals surface area contributed by atoms with Gasteiger partial charge in [0.05, 0.1) is 18.7 Å². The summed E-state index contributed by atoms with van der Waals surface area (Å²) in [7, 11) is 0. The Kier molecular flexibility index (Phi) is 2.69. The van der Waals surface area contributed by atoms with E-state index in [2.05, 4.69) is 32.8 Å². The zero-order valence-corrected chi connectivity index (χ0v) is 11.6. The number of hydrogen-bond acceptors (Lipinski definition) is 4. The fraction of sp³-hybridized carbons (Fsp3) is 0.333. The highest BCUT2D eigenvalue weighted by Gasteiger charge is 2.54. The summed E-state index contributed by atoms with van der Waals surface area (Å²) in [5.74, 6) is -0.433. The molecule has 18 heavy (non-hydrogen) atoms. The Morgan fingerprint density at radius 2 is 1.94 bits per heavy atom. The van der Waals surface area contributed by atoms with Crippen LogP contribution in [0.3, 0.4) is 0 Å².